The highest BCUT2D eigenvalue weighted by atomic mass is 79.9. The van der Waals surface area contributed by atoms with Crippen LogP contribution in [-0.4, -0.2) is 5.11 Å². The Morgan fingerprint density at radius 3 is 2.56 bits per heavy atom. The number of hydrogen-bond donors (Lipinski definition) is 1. The first kappa shape index (κ1) is 13.8. The molecule has 2 aromatic rings. The van der Waals surface area contributed by atoms with Gasteiger partial charge < -0.3 is 5.11 Å². The van der Waals surface area contributed by atoms with Crippen LogP contribution in [0.3, 0.4) is 0 Å². The van der Waals surface area contributed by atoms with Crippen LogP contribution >= 0.6 is 39.1 Å². The van der Waals surface area contributed by atoms with Gasteiger partial charge in [-0.1, -0.05) is 45.2 Å². The minimum absolute atomic E-state index is 0.140. The average Bonchev–Trinajstić information content (AvgIpc) is 2.32. The van der Waals surface area contributed by atoms with Crippen LogP contribution in [0.1, 0.15) is 17.2 Å². The molecule has 1 atom stereocenters. The van der Waals surface area contributed by atoms with Gasteiger partial charge in [0.25, 0.3) is 0 Å². The van der Waals surface area contributed by atoms with Crippen molar-refractivity contribution in [2.45, 2.75) is 6.10 Å². The van der Waals surface area contributed by atoms with Crippen LogP contribution in [0.25, 0.3) is 0 Å². The van der Waals surface area contributed by atoms with Gasteiger partial charge in [-0.3, -0.25) is 0 Å². The fraction of sp³-hybridized carbons (Fsp3) is 0.0769. The smallest absolute Gasteiger partial charge is 0.130 e. The molecule has 94 valence electrons. The van der Waals surface area contributed by atoms with Crippen LogP contribution < -0.4 is 0 Å². The number of aliphatic hydroxyl groups excluding tert-OH is 1. The van der Waals surface area contributed by atoms with Gasteiger partial charge in [-0.25, -0.2) is 4.39 Å². The topological polar surface area (TPSA) is 20.2 Å². The summed E-state index contributed by atoms with van der Waals surface area (Å²) < 4.78 is 14.2. The number of aliphatic hydroxyl groups is 1. The Morgan fingerprint density at radius 2 is 1.89 bits per heavy atom. The zero-order valence-corrected chi connectivity index (χ0v) is 12.1. The molecule has 2 aromatic carbocycles. The monoisotopic (exact) mass is 348 g/mol. The minimum atomic E-state index is -1.17. The standard InChI is InChI=1S/C13H8BrCl2FO/c14-9-2-1-3-11(17)12(9)13(18)8-6-7(15)4-5-10(8)16/h1-6,13,18H. The SMILES string of the molecule is OC(c1cc(Cl)ccc1Cl)c1c(F)cccc1Br. The van der Waals surface area contributed by atoms with E-state index in [0.29, 0.717) is 20.1 Å². The maximum Gasteiger partial charge on any atom is 0.130 e. The second-order valence-corrected chi connectivity index (χ2v) is 5.40. The Labute approximate surface area is 122 Å². The highest BCUT2D eigenvalue weighted by Gasteiger charge is 2.20. The van der Waals surface area contributed by atoms with Crippen molar-refractivity contribution >= 4 is 39.1 Å². The highest BCUT2D eigenvalue weighted by molar-refractivity contribution is 9.10. The first-order valence-electron chi connectivity index (χ1n) is 5.07. The number of halogens is 4. The molecular formula is C13H8BrCl2FO. The van der Waals surface area contributed by atoms with Crippen LogP contribution in [-0.2, 0) is 0 Å². The first-order valence-corrected chi connectivity index (χ1v) is 6.62. The summed E-state index contributed by atoms with van der Waals surface area (Å²) in [4.78, 5) is 0. The zero-order valence-electron chi connectivity index (χ0n) is 9.00. The van der Waals surface area contributed by atoms with Gasteiger partial charge in [0.1, 0.15) is 11.9 Å². The third kappa shape index (κ3) is 2.69. The van der Waals surface area contributed by atoms with E-state index < -0.39 is 11.9 Å². The van der Waals surface area contributed by atoms with Gasteiger partial charge in [-0.2, -0.15) is 0 Å². The summed E-state index contributed by atoms with van der Waals surface area (Å²) in [6, 6.07) is 9.18. The summed E-state index contributed by atoms with van der Waals surface area (Å²) in [5, 5.41) is 11.0. The molecule has 0 fully saturated rings. The van der Waals surface area contributed by atoms with Crippen molar-refractivity contribution in [3.05, 3.63) is 67.9 Å². The Bertz CT molecular complexity index is 569. The fourth-order valence-corrected chi connectivity index (χ4v) is 2.61. The molecule has 0 spiro atoms. The van der Waals surface area contributed by atoms with E-state index >= 15 is 0 Å². The largest absolute Gasteiger partial charge is 0.383 e. The molecule has 0 saturated carbocycles. The Balaban J connectivity index is 2.54. The third-order valence-corrected chi connectivity index (χ3v) is 3.80. The first-order chi connectivity index (χ1) is 8.50. The Morgan fingerprint density at radius 1 is 1.17 bits per heavy atom. The van der Waals surface area contributed by atoms with Crippen molar-refractivity contribution in [2.75, 3.05) is 0 Å². The molecule has 0 saturated heterocycles. The average molecular weight is 350 g/mol. The molecule has 0 aliphatic carbocycles. The molecule has 0 aliphatic heterocycles. The molecule has 0 bridgehead atoms. The zero-order chi connectivity index (χ0) is 13.3. The Hall–Kier alpha value is -0.610. The predicted octanol–water partition coefficient (Wildman–Crippen LogP) is 4.98. The van der Waals surface area contributed by atoms with Crippen molar-refractivity contribution in [1.29, 1.82) is 0 Å². The van der Waals surface area contributed by atoms with E-state index in [1.807, 2.05) is 0 Å². The van der Waals surface area contributed by atoms with Gasteiger partial charge >= 0.3 is 0 Å². The number of benzene rings is 2. The lowest BCUT2D eigenvalue weighted by Gasteiger charge is -2.15. The van der Waals surface area contributed by atoms with Gasteiger partial charge in [0, 0.05) is 25.6 Å². The highest BCUT2D eigenvalue weighted by Crippen LogP contribution is 2.35. The molecule has 0 amide bonds. The Kier molecular flexibility index (Phi) is 4.28. The molecule has 0 heterocycles. The van der Waals surface area contributed by atoms with Crippen LogP contribution in [0.2, 0.25) is 10.0 Å². The lowest BCUT2D eigenvalue weighted by atomic mass is 10.0. The molecule has 18 heavy (non-hydrogen) atoms. The molecule has 1 N–H and O–H groups in total. The lowest BCUT2D eigenvalue weighted by molar-refractivity contribution is 0.214. The molecule has 0 aromatic heterocycles. The van der Waals surface area contributed by atoms with Crippen molar-refractivity contribution < 1.29 is 9.50 Å². The molecule has 0 aliphatic rings. The van der Waals surface area contributed by atoms with Gasteiger partial charge in [-0.15, -0.1) is 0 Å². The van der Waals surface area contributed by atoms with Gasteiger partial charge in [0.15, 0.2) is 0 Å². The van der Waals surface area contributed by atoms with Gasteiger partial charge in [-0.05, 0) is 30.3 Å². The molecular weight excluding hydrogens is 342 g/mol. The molecule has 1 nitrogen and oxygen atoms in total. The molecule has 0 radical (unpaired) electrons. The quantitative estimate of drug-likeness (QED) is 0.810. The minimum Gasteiger partial charge on any atom is -0.383 e. The molecule has 2 rings (SSSR count). The number of hydrogen-bond acceptors (Lipinski definition) is 1. The summed E-state index contributed by atoms with van der Waals surface area (Å²) in [6.45, 7) is 0. The van der Waals surface area contributed by atoms with E-state index in [1.54, 1.807) is 24.3 Å². The van der Waals surface area contributed by atoms with E-state index in [-0.39, 0.29) is 5.56 Å². The predicted molar refractivity (Wildman–Crippen MR) is 74.6 cm³/mol. The van der Waals surface area contributed by atoms with Crippen LogP contribution in [0.4, 0.5) is 4.39 Å². The van der Waals surface area contributed by atoms with Crippen LogP contribution in [0, 0.1) is 5.82 Å². The van der Waals surface area contributed by atoms with Crippen LogP contribution in [0.5, 0.6) is 0 Å². The summed E-state index contributed by atoms with van der Waals surface area (Å²) >= 11 is 15.1. The third-order valence-electron chi connectivity index (χ3n) is 2.53. The number of rotatable bonds is 2. The van der Waals surface area contributed by atoms with E-state index in [2.05, 4.69) is 15.9 Å². The summed E-state index contributed by atoms with van der Waals surface area (Å²) in [7, 11) is 0. The van der Waals surface area contributed by atoms with Crippen molar-refractivity contribution in [3.63, 3.8) is 0 Å². The summed E-state index contributed by atoms with van der Waals surface area (Å²) in [6.07, 6.45) is -1.17. The van der Waals surface area contributed by atoms with Gasteiger partial charge in [0.05, 0.1) is 0 Å². The van der Waals surface area contributed by atoms with E-state index in [1.165, 1.54) is 12.1 Å². The lowest BCUT2D eigenvalue weighted by Crippen LogP contribution is -2.04. The van der Waals surface area contributed by atoms with Crippen molar-refractivity contribution in [3.8, 4) is 0 Å². The maximum absolute atomic E-state index is 13.8. The molecule has 5 heteroatoms. The molecule has 1 unspecified atom stereocenters. The second kappa shape index (κ2) is 5.57. The maximum atomic E-state index is 13.8. The summed E-state index contributed by atoms with van der Waals surface area (Å²) in [5.74, 6) is -0.507. The van der Waals surface area contributed by atoms with E-state index in [4.69, 9.17) is 23.2 Å². The normalized spacial score (nSPS) is 12.5. The van der Waals surface area contributed by atoms with Crippen molar-refractivity contribution in [1.82, 2.24) is 0 Å². The fourth-order valence-electron chi connectivity index (χ4n) is 1.65. The van der Waals surface area contributed by atoms with E-state index in [0.717, 1.165) is 0 Å². The van der Waals surface area contributed by atoms with Crippen LogP contribution in [0.15, 0.2) is 40.9 Å². The second-order valence-electron chi connectivity index (χ2n) is 3.70. The van der Waals surface area contributed by atoms with Crippen molar-refractivity contribution in [2.24, 2.45) is 0 Å². The summed E-state index contributed by atoms with van der Waals surface area (Å²) in [5.41, 5.74) is 0.511. The van der Waals surface area contributed by atoms with E-state index in [9.17, 15) is 9.50 Å². The van der Waals surface area contributed by atoms with Gasteiger partial charge in [0.2, 0.25) is 0 Å².